The lowest BCUT2D eigenvalue weighted by molar-refractivity contribution is -0.139. The number of halogens is 2. The fourth-order valence-electron chi connectivity index (χ4n) is 1.12. The molecule has 0 fully saturated rings. The van der Waals surface area contributed by atoms with Gasteiger partial charge in [0.25, 0.3) is 0 Å². The van der Waals surface area contributed by atoms with Crippen molar-refractivity contribution in [2.75, 3.05) is 11.9 Å². The standard InChI is InChI=1S/C11H12ClFN2O3/c1-6(11(17)18)14-5-10(16)15-9-3-2-7(12)4-8(9)13/h2-4,6,14H,5H2,1H3,(H,15,16)(H,17,18). The highest BCUT2D eigenvalue weighted by molar-refractivity contribution is 6.30. The number of hydrogen-bond acceptors (Lipinski definition) is 3. The Bertz CT molecular complexity index is 468. The third-order valence-electron chi connectivity index (χ3n) is 2.14. The molecular formula is C11H12ClFN2O3. The molecule has 1 amide bonds. The number of carbonyl (C=O) groups is 2. The monoisotopic (exact) mass is 274 g/mol. The summed E-state index contributed by atoms with van der Waals surface area (Å²) in [6, 6.07) is 2.99. The number of rotatable bonds is 5. The second-order valence-electron chi connectivity index (χ2n) is 3.61. The summed E-state index contributed by atoms with van der Waals surface area (Å²) in [4.78, 5) is 21.9. The van der Waals surface area contributed by atoms with E-state index in [1.807, 2.05) is 0 Å². The number of benzene rings is 1. The fraction of sp³-hybridized carbons (Fsp3) is 0.273. The maximum atomic E-state index is 13.3. The van der Waals surface area contributed by atoms with Crippen LogP contribution >= 0.6 is 11.6 Å². The highest BCUT2D eigenvalue weighted by Gasteiger charge is 2.12. The van der Waals surface area contributed by atoms with Gasteiger partial charge in [-0.1, -0.05) is 11.6 Å². The minimum atomic E-state index is -1.07. The van der Waals surface area contributed by atoms with Gasteiger partial charge in [-0.25, -0.2) is 4.39 Å². The van der Waals surface area contributed by atoms with Crippen molar-refractivity contribution in [2.24, 2.45) is 0 Å². The molecule has 18 heavy (non-hydrogen) atoms. The van der Waals surface area contributed by atoms with Gasteiger partial charge in [-0.15, -0.1) is 0 Å². The third-order valence-corrected chi connectivity index (χ3v) is 2.38. The predicted octanol–water partition coefficient (Wildman–Crippen LogP) is 1.48. The largest absolute Gasteiger partial charge is 0.480 e. The van der Waals surface area contributed by atoms with E-state index in [0.717, 1.165) is 6.07 Å². The smallest absolute Gasteiger partial charge is 0.320 e. The van der Waals surface area contributed by atoms with E-state index in [9.17, 15) is 14.0 Å². The molecule has 0 saturated heterocycles. The van der Waals surface area contributed by atoms with Crippen LogP contribution in [0, 0.1) is 5.82 Å². The molecule has 0 saturated carbocycles. The average Bonchev–Trinajstić information content (AvgIpc) is 2.29. The fourth-order valence-corrected chi connectivity index (χ4v) is 1.28. The Kier molecular flexibility index (Phi) is 5.06. The molecule has 98 valence electrons. The van der Waals surface area contributed by atoms with Gasteiger partial charge in [-0.3, -0.25) is 14.9 Å². The van der Waals surface area contributed by atoms with E-state index in [1.165, 1.54) is 19.1 Å². The first-order valence-corrected chi connectivity index (χ1v) is 5.49. The van der Waals surface area contributed by atoms with Gasteiger partial charge < -0.3 is 10.4 Å². The highest BCUT2D eigenvalue weighted by Crippen LogP contribution is 2.18. The van der Waals surface area contributed by atoms with Crippen molar-refractivity contribution >= 4 is 29.2 Å². The Balaban J connectivity index is 2.52. The van der Waals surface area contributed by atoms with E-state index in [1.54, 1.807) is 0 Å². The topological polar surface area (TPSA) is 78.4 Å². The van der Waals surface area contributed by atoms with Crippen molar-refractivity contribution in [2.45, 2.75) is 13.0 Å². The Morgan fingerprint density at radius 2 is 2.17 bits per heavy atom. The summed E-state index contributed by atoms with van der Waals surface area (Å²) in [5, 5.41) is 13.6. The molecule has 5 nitrogen and oxygen atoms in total. The summed E-state index contributed by atoms with van der Waals surface area (Å²) in [7, 11) is 0. The lowest BCUT2D eigenvalue weighted by Crippen LogP contribution is -2.39. The number of carbonyl (C=O) groups excluding carboxylic acids is 1. The van der Waals surface area contributed by atoms with Gasteiger partial charge in [0.05, 0.1) is 12.2 Å². The molecule has 0 spiro atoms. The van der Waals surface area contributed by atoms with Crippen molar-refractivity contribution in [3.63, 3.8) is 0 Å². The maximum absolute atomic E-state index is 13.3. The number of amides is 1. The summed E-state index contributed by atoms with van der Waals surface area (Å²) in [5.41, 5.74) is -0.00539. The van der Waals surface area contributed by atoms with Gasteiger partial charge in [-0.2, -0.15) is 0 Å². The van der Waals surface area contributed by atoms with Crippen LogP contribution in [0.4, 0.5) is 10.1 Å². The van der Waals surface area contributed by atoms with Crippen LogP contribution in [0.5, 0.6) is 0 Å². The van der Waals surface area contributed by atoms with E-state index in [-0.39, 0.29) is 17.3 Å². The van der Waals surface area contributed by atoms with Gasteiger partial charge in [0, 0.05) is 5.02 Å². The molecule has 1 atom stereocenters. The molecule has 3 N–H and O–H groups in total. The Hall–Kier alpha value is -1.66. The lowest BCUT2D eigenvalue weighted by Gasteiger charge is -2.10. The van der Waals surface area contributed by atoms with Crippen molar-refractivity contribution in [1.29, 1.82) is 0 Å². The van der Waals surface area contributed by atoms with Gasteiger partial charge in [0.2, 0.25) is 5.91 Å². The first kappa shape index (κ1) is 14.4. The molecule has 1 aromatic rings. The second kappa shape index (κ2) is 6.32. The van der Waals surface area contributed by atoms with Gasteiger partial charge >= 0.3 is 5.97 Å². The summed E-state index contributed by atoms with van der Waals surface area (Å²) < 4.78 is 13.3. The van der Waals surface area contributed by atoms with Crippen LogP contribution in [0.25, 0.3) is 0 Å². The normalized spacial score (nSPS) is 11.9. The molecule has 0 radical (unpaired) electrons. The first-order chi connectivity index (χ1) is 8.40. The minimum Gasteiger partial charge on any atom is -0.480 e. The Labute approximate surface area is 108 Å². The van der Waals surface area contributed by atoms with Crippen LogP contribution in [0.2, 0.25) is 5.02 Å². The number of hydrogen-bond donors (Lipinski definition) is 3. The summed E-state index contributed by atoms with van der Waals surface area (Å²) in [5.74, 6) is -2.26. The zero-order valence-corrected chi connectivity index (χ0v) is 10.3. The molecule has 0 aliphatic rings. The maximum Gasteiger partial charge on any atom is 0.320 e. The van der Waals surface area contributed by atoms with Crippen LogP contribution < -0.4 is 10.6 Å². The minimum absolute atomic E-state index is 0.00539. The van der Waals surface area contributed by atoms with Crippen molar-refractivity contribution in [1.82, 2.24) is 5.32 Å². The predicted molar refractivity (Wildman–Crippen MR) is 65.1 cm³/mol. The van der Waals surface area contributed by atoms with Crippen LogP contribution in [0.1, 0.15) is 6.92 Å². The van der Waals surface area contributed by atoms with E-state index in [2.05, 4.69) is 10.6 Å². The number of anilines is 1. The van der Waals surface area contributed by atoms with E-state index < -0.39 is 23.7 Å². The van der Waals surface area contributed by atoms with Gasteiger partial charge in [0.15, 0.2) is 0 Å². The number of nitrogens with one attached hydrogen (secondary N) is 2. The van der Waals surface area contributed by atoms with Gasteiger partial charge in [-0.05, 0) is 25.1 Å². The number of carboxylic acids is 1. The molecule has 0 aliphatic heterocycles. The molecule has 1 unspecified atom stereocenters. The number of aliphatic carboxylic acids is 1. The van der Waals surface area contributed by atoms with Crippen molar-refractivity contribution in [3.8, 4) is 0 Å². The zero-order chi connectivity index (χ0) is 13.7. The number of carboxylic acid groups (broad SMARTS) is 1. The first-order valence-electron chi connectivity index (χ1n) is 5.11. The molecule has 0 heterocycles. The molecule has 7 heteroatoms. The molecule has 0 aromatic heterocycles. The highest BCUT2D eigenvalue weighted by atomic mass is 35.5. The van der Waals surface area contributed by atoms with Crippen LogP contribution in [-0.4, -0.2) is 29.6 Å². The molecule has 0 bridgehead atoms. The summed E-state index contributed by atoms with van der Waals surface area (Å²) in [6.07, 6.45) is 0. The quantitative estimate of drug-likeness (QED) is 0.760. The molecule has 1 rings (SSSR count). The van der Waals surface area contributed by atoms with Crippen molar-refractivity contribution < 1.29 is 19.1 Å². The van der Waals surface area contributed by atoms with E-state index in [0.29, 0.717) is 0 Å². The third kappa shape index (κ3) is 4.31. The average molecular weight is 275 g/mol. The molecule has 0 aliphatic carbocycles. The lowest BCUT2D eigenvalue weighted by atomic mass is 10.3. The second-order valence-corrected chi connectivity index (χ2v) is 4.05. The Morgan fingerprint density at radius 3 is 2.72 bits per heavy atom. The SMILES string of the molecule is CC(NCC(=O)Nc1ccc(Cl)cc1F)C(=O)O. The Morgan fingerprint density at radius 1 is 1.50 bits per heavy atom. The van der Waals surface area contributed by atoms with Crippen molar-refractivity contribution in [3.05, 3.63) is 29.0 Å². The zero-order valence-electron chi connectivity index (χ0n) is 9.54. The van der Waals surface area contributed by atoms with Crippen LogP contribution in [0.15, 0.2) is 18.2 Å². The molecule has 1 aromatic carbocycles. The summed E-state index contributed by atoms with van der Waals surface area (Å²) >= 11 is 5.56. The van der Waals surface area contributed by atoms with E-state index >= 15 is 0 Å². The summed E-state index contributed by atoms with van der Waals surface area (Å²) in [6.45, 7) is 1.17. The van der Waals surface area contributed by atoms with Gasteiger partial charge in [0.1, 0.15) is 11.9 Å². The van der Waals surface area contributed by atoms with Crippen LogP contribution in [-0.2, 0) is 9.59 Å². The van der Waals surface area contributed by atoms with E-state index in [4.69, 9.17) is 16.7 Å². The molecular weight excluding hydrogens is 263 g/mol. The van der Waals surface area contributed by atoms with Crippen LogP contribution in [0.3, 0.4) is 0 Å².